The minimum atomic E-state index is -1.49. The Morgan fingerprint density at radius 3 is 1.90 bits per heavy atom. The first-order valence-corrected chi connectivity index (χ1v) is 16.8. The molecule has 2 aromatic rings. The number of aromatic nitrogens is 1. The lowest BCUT2D eigenvalue weighted by atomic mass is 10.0. The molecule has 1 aliphatic heterocycles. The van der Waals surface area contributed by atoms with Crippen molar-refractivity contribution in [3.63, 3.8) is 0 Å². The van der Waals surface area contributed by atoms with Crippen LogP contribution in [0.5, 0.6) is 5.75 Å². The number of carbonyl (C=O) groups excluding carboxylic acids is 7. The van der Waals surface area contributed by atoms with Gasteiger partial charge in [-0.15, -0.1) is 0 Å². The molecule has 0 fully saturated rings. The Morgan fingerprint density at radius 1 is 0.827 bits per heavy atom. The van der Waals surface area contributed by atoms with Gasteiger partial charge in [0.1, 0.15) is 5.75 Å². The van der Waals surface area contributed by atoms with Crippen LogP contribution in [0.15, 0.2) is 18.2 Å². The highest BCUT2D eigenvalue weighted by Crippen LogP contribution is 2.36. The fourth-order valence-corrected chi connectivity index (χ4v) is 5.18. The Bertz CT molecular complexity index is 1740. The molecular formula is C36H46N4O12. The number of aryl methyl sites for hydroxylation is 1. The Kier molecular flexibility index (Phi) is 14.3. The van der Waals surface area contributed by atoms with E-state index in [1.54, 1.807) is 26.0 Å². The number of likely N-dealkylation sites (N-methyl/N-ethyl adjacent to an activating group) is 1. The summed E-state index contributed by atoms with van der Waals surface area (Å²) in [6.45, 7) is 16.7. The Hall–Kier alpha value is -5.51. The number of nitrogens with zero attached hydrogens (tertiary/aromatic N) is 1. The number of benzene rings is 1. The lowest BCUT2D eigenvalue weighted by Gasteiger charge is -2.19. The lowest BCUT2D eigenvalue weighted by Crippen LogP contribution is -2.37. The molecule has 0 saturated heterocycles. The first-order chi connectivity index (χ1) is 24.5. The van der Waals surface area contributed by atoms with Gasteiger partial charge in [0, 0.05) is 42.7 Å². The summed E-state index contributed by atoms with van der Waals surface area (Å²) in [6, 6.07) is 4.49. The van der Waals surface area contributed by atoms with Gasteiger partial charge in [-0.1, -0.05) is 13.8 Å². The topological polar surface area (TPSA) is 209 Å². The second kappa shape index (κ2) is 18.1. The van der Waals surface area contributed by atoms with Gasteiger partial charge < -0.3 is 44.2 Å². The molecule has 3 N–H and O–H groups in total. The molecule has 2 amide bonds. The number of esters is 5. The molecule has 1 aliphatic rings. The van der Waals surface area contributed by atoms with E-state index < -0.39 is 60.2 Å². The third kappa shape index (κ3) is 10.5. The number of amides is 2. The summed E-state index contributed by atoms with van der Waals surface area (Å²) >= 11 is 0. The number of hydrogen-bond donors (Lipinski definition) is 3. The van der Waals surface area contributed by atoms with Crippen molar-refractivity contribution in [2.45, 2.75) is 86.7 Å². The highest BCUT2D eigenvalue weighted by atomic mass is 16.6. The van der Waals surface area contributed by atoms with Crippen LogP contribution in [0.3, 0.4) is 0 Å². The van der Waals surface area contributed by atoms with Gasteiger partial charge in [-0.3, -0.25) is 14.4 Å². The largest absolute Gasteiger partial charge is 0.451 e. The predicted molar refractivity (Wildman–Crippen MR) is 187 cm³/mol. The van der Waals surface area contributed by atoms with Gasteiger partial charge in [0.2, 0.25) is 0 Å². The van der Waals surface area contributed by atoms with Crippen LogP contribution in [0.1, 0.15) is 81.3 Å². The second-order valence-electron chi connectivity index (χ2n) is 12.1. The summed E-state index contributed by atoms with van der Waals surface area (Å²) in [5.74, 6) is -5.39. The van der Waals surface area contributed by atoms with Crippen LogP contribution in [0.4, 0.5) is 5.69 Å². The lowest BCUT2D eigenvalue weighted by molar-refractivity contribution is -0.183. The molecule has 0 bridgehead atoms. The smallest absolute Gasteiger partial charge is 0.352 e. The summed E-state index contributed by atoms with van der Waals surface area (Å²) in [5.41, 5.74) is 3.53. The normalized spacial score (nSPS) is 15.1. The molecule has 16 nitrogen and oxygen atoms in total. The van der Waals surface area contributed by atoms with E-state index in [1.165, 1.54) is 39.8 Å². The first-order valence-electron chi connectivity index (χ1n) is 16.8. The van der Waals surface area contributed by atoms with Crippen molar-refractivity contribution < 1.29 is 57.2 Å². The van der Waals surface area contributed by atoms with Gasteiger partial charge in [-0.05, 0) is 84.5 Å². The van der Waals surface area contributed by atoms with Gasteiger partial charge >= 0.3 is 29.8 Å². The summed E-state index contributed by atoms with van der Waals surface area (Å²) < 4.78 is 25.1. The number of rotatable bonds is 16. The molecule has 0 unspecified atom stereocenters. The van der Waals surface area contributed by atoms with E-state index in [-0.39, 0.29) is 17.2 Å². The third-order valence-corrected chi connectivity index (χ3v) is 8.14. The molecule has 2 heterocycles. The number of hydrogen-bond acceptors (Lipinski definition) is 13. The van der Waals surface area contributed by atoms with E-state index >= 15 is 0 Å². The maximum atomic E-state index is 13.0. The van der Waals surface area contributed by atoms with Crippen molar-refractivity contribution in [1.29, 1.82) is 0 Å². The zero-order chi connectivity index (χ0) is 38.9. The van der Waals surface area contributed by atoms with Gasteiger partial charge in [-0.2, -0.15) is 0 Å². The maximum Gasteiger partial charge on any atom is 0.352 e. The number of anilines is 1. The highest BCUT2D eigenvalue weighted by molar-refractivity contribution is 6.35. The SMILES string of the molecule is CCN(CC)CCNC(=O)c1c(C)[nH]c(/C=C2\C(=O)Nc3ccc(OC(=O)[C@H](C)OC(=O)[C@H](C)OC(=O)[C@H](C)OC(=O)[C@H](C)OC(C)=O)cc32)c1C. The zero-order valence-electron chi connectivity index (χ0n) is 30.8. The second-order valence-corrected chi connectivity index (χ2v) is 12.1. The number of carbonyl (C=O) groups is 7. The summed E-state index contributed by atoms with van der Waals surface area (Å²) in [5, 5.41) is 5.72. The summed E-state index contributed by atoms with van der Waals surface area (Å²) in [6.07, 6.45) is -4.00. The Labute approximate surface area is 301 Å². The van der Waals surface area contributed by atoms with Gasteiger partial charge in [0.15, 0.2) is 24.4 Å². The maximum absolute atomic E-state index is 13.0. The van der Waals surface area contributed by atoms with Crippen molar-refractivity contribution in [2.24, 2.45) is 0 Å². The fourth-order valence-electron chi connectivity index (χ4n) is 5.18. The van der Waals surface area contributed by atoms with Crippen LogP contribution in [0.2, 0.25) is 0 Å². The van der Waals surface area contributed by atoms with Crippen molar-refractivity contribution in [3.05, 3.63) is 46.3 Å². The quantitative estimate of drug-likeness (QED) is 0.0985. The van der Waals surface area contributed by atoms with Crippen molar-refractivity contribution in [2.75, 3.05) is 31.5 Å². The van der Waals surface area contributed by atoms with E-state index in [0.29, 0.717) is 40.3 Å². The number of ether oxygens (including phenoxy) is 5. The number of aromatic amines is 1. The zero-order valence-corrected chi connectivity index (χ0v) is 30.8. The molecule has 0 aliphatic carbocycles. The van der Waals surface area contributed by atoms with E-state index in [4.69, 9.17) is 23.7 Å². The molecule has 1 aromatic heterocycles. The molecule has 4 atom stereocenters. The van der Waals surface area contributed by atoms with Crippen LogP contribution >= 0.6 is 0 Å². The Balaban J connectivity index is 1.64. The van der Waals surface area contributed by atoms with Crippen LogP contribution in [-0.4, -0.2) is 102 Å². The molecule has 0 saturated carbocycles. The molecule has 16 heteroatoms. The number of H-pyrrole nitrogens is 1. The van der Waals surface area contributed by atoms with Crippen molar-refractivity contribution in [3.8, 4) is 5.75 Å². The van der Waals surface area contributed by atoms with Crippen LogP contribution < -0.4 is 15.4 Å². The standard InChI is InChI=1S/C36H46N4O12/c1-10-40(11-2)15-14-37-32(43)30-18(3)29(38-19(30)4)17-27-26-16-25(12-13-28(26)39-31(27)42)52-36(47)23(8)51-35(46)22(7)50-34(45)21(6)49-33(44)20(5)48-24(9)41/h12-13,16-17,20-23,38H,10-11,14-15H2,1-9H3,(H,37,43)(H,39,42)/b27-17-/t20-,21-,22-,23-/m0/s1. The monoisotopic (exact) mass is 726 g/mol. The first kappa shape index (κ1) is 40.9. The average molecular weight is 727 g/mol. The van der Waals surface area contributed by atoms with Gasteiger partial charge in [-0.25, -0.2) is 19.2 Å². The summed E-state index contributed by atoms with van der Waals surface area (Å²) in [7, 11) is 0. The van der Waals surface area contributed by atoms with E-state index in [1.807, 2.05) is 0 Å². The van der Waals surface area contributed by atoms with Crippen LogP contribution in [0.25, 0.3) is 11.6 Å². The number of nitrogens with one attached hydrogen (secondary N) is 3. The molecule has 3 rings (SSSR count). The molecule has 1 aromatic carbocycles. The van der Waals surface area contributed by atoms with Crippen LogP contribution in [-0.2, 0) is 47.7 Å². The minimum Gasteiger partial charge on any atom is -0.451 e. The van der Waals surface area contributed by atoms with E-state index in [9.17, 15) is 33.6 Å². The van der Waals surface area contributed by atoms with Crippen molar-refractivity contribution >= 4 is 59.0 Å². The number of fused-ring (bicyclic) bond motifs is 1. The fraction of sp³-hybridized carbons (Fsp3) is 0.472. The molecular weight excluding hydrogens is 680 g/mol. The van der Waals surface area contributed by atoms with E-state index in [2.05, 4.69) is 34.4 Å². The molecule has 52 heavy (non-hydrogen) atoms. The van der Waals surface area contributed by atoms with Crippen molar-refractivity contribution in [1.82, 2.24) is 15.2 Å². The third-order valence-electron chi connectivity index (χ3n) is 8.14. The van der Waals surface area contributed by atoms with Gasteiger partial charge in [0.05, 0.1) is 11.1 Å². The van der Waals surface area contributed by atoms with Gasteiger partial charge in [0.25, 0.3) is 11.8 Å². The minimum absolute atomic E-state index is 0.0554. The predicted octanol–water partition coefficient (Wildman–Crippen LogP) is 2.85. The van der Waals surface area contributed by atoms with Crippen LogP contribution in [0, 0.1) is 13.8 Å². The highest BCUT2D eigenvalue weighted by Gasteiger charge is 2.31. The average Bonchev–Trinajstić information content (AvgIpc) is 3.54. The molecule has 0 spiro atoms. The Morgan fingerprint density at radius 2 is 1.37 bits per heavy atom. The van der Waals surface area contributed by atoms with E-state index in [0.717, 1.165) is 26.6 Å². The summed E-state index contributed by atoms with van der Waals surface area (Å²) in [4.78, 5) is 92.2. The molecule has 282 valence electrons. The molecule has 0 radical (unpaired) electrons.